The number of hydrogen-bond acceptors (Lipinski definition) is 5. The lowest BCUT2D eigenvalue weighted by Crippen LogP contribution is -2.40. The van der Waals surface area contributed by atoms with Crippen molar-refractivity contribution in [2.45, 2.75) is 26.0 Å². The second kappa shape index (κ2) is 6.75. The van der Waals surface area contributed by atoms with Crippen LogP contribution in [0.15, 0.2) is 30.5 Å². The van der Waals surface area contributed by atoms with Crippen molar-refractivity contribution in [2.24, 2.45) is 0 Å². The number of nitrogens with zero attached hydrogens (tertiary/aromatic N) is 3. The number of benzene rings is 1. The van der Waals surface area contributed by atoms with Gasteiger partial charge in [-0.15, -0.1) is 0 Å². The van der Waals surface area contributed by atoms with E-state index in [0.29, 0.717) is 11.4 Å². The first kappa shape index (κ1) is 17.5. The Bertz CT molecular complexity index is 755. The summed E-state index contributed by atoms with van der Waals surface area (Å²) in [5, 5.41) is 23.6. The Morgan fingerprint density at radius 2 is 2.08 bits per heavy atom. The van der Waals surface area contributed by atoms with Crippen LogP contribution in [-0.4, -0.2) is 32.0 Å². The third-order valence-corrected chi connectivity index (χ3v) is 3.56. The fraction of sp³-hybridized carbons (Fsp3) is 0.333. The van der Waals surface area contributed by atoms with Crippen molar-refractivity contribution < 1.29 is 19.2 Å². The standard InChI is InChI=1S/C15H17FN4O4/c1-10-18-13(20(23)24)7-19(10)8-14(21)17-9-15(2,22)11-3-5-12(16)6-4-11/h3-7,22H,8-9H2,1-2H3,(H,17,21). The Hall–Kier alpha value is -2.81. The Balaban J connectivity index is 1.97. The van der Waals surface area contributed by atoms with Crippen molar-refractivity contribution in [3.8, 4) is 0 Å². The number of rotatable bonds is 6. The van der Waals surface area contributed by atoms with Crippen molar-refractivity contribution in [3.05, 3.63) is 57.8 Å². The van der Waals surface area contributed by atoms with Gasteiger partial charge >= 0.3 is 5.82 Å². The molecule has 1 aromatic carbocycles. The van der Waals surface area contributed by atoms with Crippen LogP contribution in [0.3, 0.4) is 0 Å². The van der Waals surface area contributed by atoms with Gasteiger partial charge in [0, 0.05) is 6.92 Å². The third-order valence-electron chi connectivity index (χ3n) is 3.56. The molecular weight excluding hydrogens is 319 g/mol. The van der Waals surface area contributed by atoms with Gasteiger partial charge in [-0.05, 0) is 34.5 Å². The molecule has 0 aliphatic heterocycles. The van der Waals surface area contributed by atoms with Crippen molar-refractivity contribution in [3.63, 3.8) is 0 Å². The molecule has 0 aliphatic rings. The van der Waals surface area contributed by atoms with Gasteiger partial charge in [0.15, 0.2) is 0 Å². The highest BCUT2D eigenvalue weighted by molar-refractivity contribution is 5.76. The summed E-state index contributed by atoms with van der Waals surface area (Å²) < 4.78 is 14.3. The Labute approximate surface area is 137 Å². The van der Waals surface area contributed by atoms with Crippen molar-refractivity contribution >= 4 is 11.7 Å². The van der Waals surface area contributed by atoms with Gasteiger partial charge in [0.25, 0.3) is 0 Å². The van der Waals surface area contributed by atoms with Gasteiger partial charge in [0.05, 0.1) is 6.54 Å². The fourth-order valence-electron chi connectivity index (χ4n) is 2.13. The molecular formula is C15H17FN4O4. The highest BCUT2D eigenvalue weighted by atomic mass is 19.1. The van der Waals surface area contributed by atoms with E-state index >= 15 is 0 Å². The number of halogens is 1. The number of amides is 1. The molecule has 8 nitrogen and oxygen atoms in total. The van der Waals surface area contributed by atoms with E-state index in [2.05, 4.69) is 10.3 Å². The van der Waals surface area contributed by atoms with Crippen LogP contribution in [0.25, 0.3) is 0 Å². The first-order valence-corrected chi connectivity index (χ1v) is 7.12. The van der Waals surface area contributed by atoms with E-state index in [0.717, 1.165) is 0 Å². The van der Waals surface area contributed by atoms with Gasteiger partial charge in [0.2, 0.25) is 11.7 Å². The van der Waals surface area contributed by atoms with Crippen molar-refractivity contribution in [2.75, 3.05) is 6.54 Å². The van der Waals surface area contributed by atoms with E-state index in [1.165, 1.54) is 42.0 Å². The summed E-state index contributed by atoms with van der Waals surface area (Å²) in [7, 11) is 0. The number of carbonyl (C=O) groups excluding carboxylic acids is 1. The molecule has 1 heterocycles. The number of nitrogens with one attached hydrogen (secondary N) is 1. The molecule has 1 unspecified atom stereocenters. The molecule has 9 heteroatoms. The predicted molar refractivity (Wildman–Crippen MR) is 82.6 cm³/mol. The number of aromatic nitrogens is 2. The van der Waals surface area contributed by atoms with Crippen molar-refractivity contribution in [1.29, 1.82) is 0 Å². The summed E-state index contributed by atoms with van der Waals surface area (Å²) in [6.07, 6.45) is 1.17. The molecule has 2 rings (SSSR count). The van der Waals surface area contributed by atoms with E-state index in [1.807, 2.05) is 0 Å². The van der Waals surface area contributed by atoms with Crippen LogP contribution in [0, 0.1) is 22.9 Å². The summed E-state index contributed by atoms with van der Waals surface area (Å²) in [6.45, 7) is 2.79. The zero-order valence-electron chi connectivity index (χ0n) is 13.2. The maximum atomic E-state index is 12.9. The quantitative estimate of drug-likeness (QED) is 0.609. The Morgan fingerprint density at radius 1 is 1.46 bits per heavy atom. The van der Waals surface area contributed by atoms with Crippen LogP contribution in [0.2, 0.25) is 0 Å². The molecule has 0 fully saturated rings. The first-order chi connectivity index (χ1) is 11.2. The van der Waals surface area contributed by atoms with E-state index in [1.54, 1.807) is 6.92 Å². The molecule has 0 saturated carbocycles. The zero-order chi connectivity index (χ0) is 17.9. The normalized spacial score (nSPS) is 13.3. The summed E-state index contributed by atoms with van der Waals surface area (Å²) in [6, 6.07) is 5.31. The second-order valence-corrected chi connectivity index (χ2v) is 5.59. The minimum atomic E-state index is -1.38. The molecule has 1 amide bonds. The van der Waals surface area contributed by atoms with Crippen LogP contribution in [0.5, 0.6) is 0 Å². The van der Waals surface area contributed by atoms with Gasteiger partial charge in [0.1, 0.15) is 24.2 Å². The zero-order valence-corrected chi connectivity index (χ0v) is 13.2. The molecule has 1 atom stereocenters. The van der Waals surface area contributed by atoms with Crippen LogP contribution in [0.4, 0.5) is 10.2 Å². The van der Waals surface area contributed by atoms with Gasteiger partial charge in [-0.2, -0.15) is 0 Å². The number of aliphatic hydroxyl groups is 1. The Morgan fingerprint density at radius 3 is 2.62 bits per heavy atom. The van der Waals surface area contributed by atoms with Crippen LogP contribution in [-0.2, 0) is 16.9 Å². The second-order valence-electron chi connectivity index (χ2n) is 5.59. The van der Waals surface area contributed by atoms with E-state index < -0.39 is 22.2 Å². The van der Waals surface area contributed by atoms with Crippen LogP contribution < -0.4 is 5.32 Å². The number of nitro groups is 1. The third kappa shape index (κ3) is 4.13. The Kier molecular flexibility index (Phi) is 4.93. The lowest BCUT2D eigenvalue weighted by Gasteiger charge is -2.24. The van der Waals surface area contributed by atoms with Crippen molar-refractivity contribution in [1.82, 2.24) is 14.9 Å². The molecule has 0 radical (unpaired) electrons. The summed E-state index contributed by atoms with van der Waals surface area (Å²) in [5.74, 6) is -0.857. The molecule has 0 spiro atoms. The molecule has 128 valence electrons. The lowest BCUT2D eigenvalue weighted by molar-refractivity contribution is -0.389. The number of hydrogen-bond donors (Lipinski definition) is 2. The number of imidazole rings is 1. The lowest BCUT2D eigenvalue weighted by atomic mass is 9.96. The molecule has 2 N–H and O–H groups in total. The molecule has 2 aromatic rings. The average Bonchev–Trinajstić information content (AvgIpc) is 2.87. The van der Waals surface area contributed by atoms with E-state index in [4.69, 9.17) is 0 Å². The molecule has 0 saturated heterocycles. The average molecular weight is 336 g/mol. The predicted octanol–water partition coefficient (Wildman–Crippen LogP) is 1.26. The highest BCUT2D eigenvalue weighted by Gasteiger charge is 2.24. The smallest absolute Gasteiger partial charge is 0.381 e. The van der Waals surface area contributed by atoms with Gasteiger partial charge in [-0.3, -0.25) is 9.36 Å². The minimum absolute atomic E-state index is 0.0900. The van der Waals surface area contributed by atoms with E-state index in [9.17, 15) is 24.4 Å². The monoisotopic (exact) mass is 336 g/mol. The molecule has 24 heavy (non-hydrogen) atoms. The van der Waals surface area contributed by atoms with E-state index in [-0.39, 0.29) is 18.9 Å². The topological polar surface area (TPSA) is 110 Å². The van der Waals surface area contributed by atoms with Gasteiger partial charge < -0.3 is 20.5 Å². The molecule has 0 bridgehead atoms. The maximum Gasteiger partial charge on any atom is 0.381 e. The number of aryl methyl sites for hydroxylation is 1. The SMILES string of the molecule is Cc1nc([N+](=O)[O-])cn1CC(=O)NCC(C)(O)c1ccc(F)cc1. The van der Waals surface area contributed by atoms with Crippen LogP contribution in [0.1, 0.15) is 18.3 Å². The largest absolute Gasteiger partial charge is 0.384 e. The minimum Gasteiger partial charge on any atom is -0.384 e. The summed E-state index contributed by atoms with van der Waals surface area (Å²) >= 11 is 0. The maximum absolute atomic E-state index is 12.9. The number of carbonyl (C=O) groups is 1. The summed E-state index contributed by atoms with van der Waals surface area (Å²) in [5.41, 5.74) is -0.919. The van der Waals surface area contributed by atoms with Gasteiger partial charge in [-0.25, -0.2) is 4.39 Å². The van der Waals surface area contributed by atoms with Gasteiger partial charge in [-0.1, -0.05) is 12.1 Å². The molecule has 1 aromatic heterocycles. The van der Waals surface area contributed by atoms with Crippen LogP contribution >= 0.6 is 0 Å². The molecule has 0 aliphatic carbocycles. The summed E-state index contributed by atoms with van der Waals surface area (Å²) in [4.78, 5) is 25.7. The fourth-order valence-corrected chi connectivity index (χ4v) is 2.13. The highest BCUT2D eigenvalue weighted by Crippen LogP contribution is 2.20. The first-order valence-electron chi connectivity index (χ1n) is 7.12.